The Labute approximate surface area is 149 Å². The van der Waals surface area contributed by atoms with Gasteiger partial charge in [-0.2, -0.15) is 0 Å². The summed E-state index contributed by atoms with van der Waals surface area (Å²) in [5.41, 5.74) is 0.341. The first kappa shape index (κ1) is 19.4. The molecule has 1 aromatic carbocycles. The second-order valence-corrected chi connectivity index (χ2v) is 7.05. The van der Waals surface area contributed by atoms with E-state index in [0.29, 0.717) is 24.8 Å². The molecule has 2 rings (SSSR count). The molecule has 2 atom stereocenters. The van der Waals surface area contributed by atoms with Gasteiger partial charge in [0.05, 0.1) is 7.11 Å². The van der Waals surface area contributed by atoms with Gasteiger partial charge in [-0.25, -0.2) is 0 Å². The topological polar surface area (TPSA) is 60.4 Å². The Morgan fingerprint density at radius 1 is 1.24 bits per heavy atom. The van der Waals surface area contributed by atoms with E-state index in [9.17, 15) is 14.4 Å². The highest BCUT2D eigenvalue weighted by molar-refractivity contribution is 6.14. The zero-order chi connectivity index (χ0) is 18.4. The summed E-state index contributed by atoms with van der Waals surface area (Å²) >= 11 is 0. The summed E-state index contributed by atoms with van der Waals surface area (Å²) in [4.78, 5) is 38.1. The second-order valence-electron chi connectivity index (χ2n) is 7.05. The van der Waals surface area contributed by atoms with Gasteiger partial charge in [0, 0.05) is 12.0 Å². The number of ether oxygens (including phenoxy) is 1. The van der Waals surface area contributed by atoms with Crippen molar-refractivity contribution in [3.8, 4) is 0 Å². The Hall–Kier alpha value is -1.97. The van der Waals surface area contributed by atoms with Crippen molar-refractivity contribution in [3.63, 3.8) is 0 Å². The first-order valence-electron chi connectivity index (χ1n) is 9.18. The summed E-state index contributed by atoms with van der Waals surface area (Å²) in [7, 11) is 1.33. The number of esters is 1. The summed E-state index contributed by atoms with van der Waals surface area (Å²) in [6, 6.07) is 7.45. The molecule has 0 N–H and O–H groups in total. The minimum absolute atomic E-state index is 0.0106. The largest absolute Gasteiger partial charge is 0.468 e. The molecule has 0 aliphatic heterocycles. The third-order valence-electron chi connectivity index (χ3n) is 5.39. The quantitative estimate of drug-likeness (QED) is 0.404. The van der Waals surface area contributed by atoms with Gasteiger partial charge in [0.15, 0.2) is 5.78 Å². The van der Waals surface area contributed by atoms with E-state index in [0.717, 1.165) is 24.8 Å². The van der Waals surface area contributed by atoms with Crippen LogP contribution in [0.2, 0.25) is 0 Å². The lowest BCUT2D eigenvalue weighted by molar-refractivity contribution is -0.154. The molecule has 0 spiro atoms. The highest BCUT2D eigenvalue weighted by Gasteiger charge is 2.54. The molecule has 4 nitrogen and oxygen atoms in total. The lowest BCUT2D eigenvalue weighted by atomic mass is 9.61. The van der Waals surface area contributed by atoms with Crippen molar-refractivity contribution >= 4 is 17.5 Å². The standard InChI is InChI=1S/C21H28O4/c1-4-5-6-10-17(14-15(2)22)21(20(24)25-3)13-12-16-9-7-8-11-18(16)19(21)23/h7-9,11,17H,4-6,10,12-14H2,1-3H3/t17-,21-/m0/s1. The number of Topliss-reactive ketones (excluding diaryl/α,β-unsaturated/α-hetero) is 2. The molecule has 1 aliphatic carbocycles. The number of fused-ring (bicyclic) bond motifs is 1. The fraction of sp³-hybridized carbons (Fsp3) is 0.571. The van der Waals surface area contributed by atoms with E-state index in [2.05, 4.69) is 6.92 Å². The summed E-state index contributed by atoms with van der Waals surface area (Å²) in [5, 5.41) is 0. The summed E-state index contributed by atoms with van der Waals surface area (Å²) in [6.45, 7) is 3.64. The first-order valence-corrected chi connectivity index (χ1v) is 9.18. The number of unbranched alkanes of at least 4 members (excludes halogenated alkanes) is 2. The van der Waals surface area contributed by atoms with Gasteiger partial charge in [0.25, 0.3) is 0 Å². The van der Waals surface area contributed by atoms with Crippen molar-refractivity contribution in [1.82, 2.24) is 0 Å². The number of aryl methyl sites for hydroxylation is 1. The summed E-state index contributed by atoms with van der Waals surface area (Å²) in [6.07, 6.45) is 4.98. The molecule has 0 saturated carbocycles. The number of methoxy groups -OCH3 is 1. The van der Waals surface area contributed by atoms with Crippen molar-refractivity contribution < 1.29 is 19.1 Å². The number of carbonyl (C=O) groups is 3. The van der Waals surface area contributed by atoms with Crippen LogP contribution < -0.4 is 0 Å². The van der Waals surface area contributed by atoms with Gasteiger partial charge in [0.1, 0.15) is 11.2 Å². The minimum atomic E-state index is -1.23. The SMILES string of the molecule is CCCCC[C@@H](CC(C)=O)[C@@]1(C(=O)OC)CCc2ccccc2C1=O. The number of rotatable bonds is 8. The molecule has 0 unspecified atom stereocenters. The predicted octanol–water partition coefficient (Wildman–Crippen LogP) is 4.15. The smallest absolute Gasteiger partial charge is 0.320 e. The van der Waals surface area contributed by atoms with E-state index in [1.165, 1.54) is 14.0 Å². The van der Waals surface area contributed by atoms with Crippen LogP contribution in [-0.2, 0) is 20.7 Å². The van der Waals surface area contributed by atoms with Crippen molar-refractivity contribution in [2.45, 2.75) is 58.8 Å². The molecule has 0 bridgehead atoms. The van der Waals surface area contributed by atoms with Gasteiger partial charge in [-0.3, -0.25) is 9.59 Å². The maximum atomic E-state index is 13.4. The van der Waals surface area contributed by atoms with Crippen LogP contribution in [-0.4, -0.2) is 24.6 Å². The van der Waals surface area contributed by atoms with Crippen LogP contribution in [0, 0.1) is 11.3 Å². The Balaban J connectivity index is 2.47. The normalized spacial score (nSPS) is 20.7. The van der Waals surface area contributed by atoms with Crippen LogP contribution in [0.15, 0.2) is 24.3 Å². The van der Waals surface area contributed by atoms with Crippen LogP contribution in [0.1, 0.15) is 68.3 Å². The zero-order valence-electron chi connectivity index (χ0n) is 15.5. The van der Waals surface area contributed by atoms with Crippen molar-refractivity contribution in [2.24, 2.45) is 11.3 Å². The van der Waals surface area contributed by atoms with Gasteiger partial charge in [-0.1, -0.05) is 50.5 Å². The highest BCUT2D eigenvalue weighted by atomic mass is 16.5. The molecule has 1 aromatic rings. The number of hydrogen-bond acceptors (Lipinski definition) is 4. The molecular formula is C21H28O4. The van der Waals surface area contributed by atoms with E-state index in [1.54, 1.807) is 6.07 Å². The number of carbonyl (C=O) groups excluding carboxylic acids is 3. The van der Waals surface area contributed by atoms with Crippen molar-refractivity contribution in [2.75, 3.05) is 7.11 Å². The average molecular weight is 344 g/mol. The van der Waals surface area contributed by atoms with Crippen molar-refractivity contribution in [3.05, 3.63) is 35.4 Å². The highest BCUT2D eigenvalue weighted by Crippen LogP contribution is 2.46. The minimum Gasteiger partial charge on any atom is -0.468 e. The van der Waals surface area contributed by atoms with Gasteiger partial charge in [-0.05, 0) is 37.7 Å². The number of ketones is 2. The van der Waals surface area contributed by atoms with E-state index >= 15 is 0 Å². The van der Waals surface area contributed by atoms with Gasteiger partial charge in [-0.15, -0.1) is 0 Å². The lowest BCUT2D eigenvalue weighted by Crippen LogP contribution is -2.49. The zero-order valence-corrected chi connectivity index (χ0v) is 15.5. The average Bonchev–Trinajstić information content (AvgIpc) is 2.61. The van der Waals surface area contributed by atoms with Crippen LogP contribution in [0.3, 0.4) is 0 Å². The molecule has 136 valence electrons. The molecule has 0 radical (unpaired) electrons. The van der Waals surface area contributed by atoms with Gasteiger partial charge >= 0.3 is 5.97 Å². The molecule has 25 heavy (non-hydrogen) atoms. The second kappa shape index (κ2) is 8.41. The molecular weight excluding hydrogens is 316 g/mol. The summed E-state index contributed by atoms with van der Waals surface area (Å²) in [5.74, 6) is -0.958. The van der Waals surface area contributed by atoms with Crippen molar-refractivity contribution in [1.29, 1.82) is 0 Å². The third kappa shape index (κ3) is 3.83. The van der Waals surface area contributed by atoms with E-state index in [4.69, 9.17) is 4.74 Å². The number of benzene rings is 1. The van der Waals surface area contributed by atoms with E-state index in [1.807, 2.05) is 18.2 Å². The molecule has 4 heteroatoms. The van der Waals surface area contributed by atoms with E-state index in [-0.39, 0.29) is 23.9 Å². The Bertz CT molecular complexity index is 649. The third-order valence-corrected chi connectivity index (χ3v) is 5.39. The molecule has 0 aromatic heterocycles. The summed E-state index contributed by atoms with van der Waals surface area (Å²) < 4.78 is 5.08. The molecule has 0 fully saturated rings. The molecule has 0 amide bonds. The van der Waals surface area contributed by atoms with Gasteiger partial charge in [0.2, 0.25) is 0 Å². The maximum Gasteiger partial charge on any atom is 0.320 e. The fourth-order valence-electron chi connectivity index (χ4n) is 4.09. The van der Waals surface area contributed by atoms with Crippen LogP contribution >= 0.6 is 0 Å². The van der Waals surface area contributed by atoms with Crippen LogP contribution in [0.4, 0.5) is 0 Å². The maximum absolute atomic E-state index is 13.4. The molecule has 1 aliphatic rings. The Morgan fingerprint density at radius 3 is 2.60 bits per heavy atom. The Kier molecular flexibility index (Phi) is 6.51. The predicted molar refractivity (Wildman–Crippen MR) is 96.5 cm³/mol. The van der Waals surface area contributed by atoms with Crippen LogP contribution in [0.25, 0.3) is 0 Å². The lowest BCUT2D eigenvalue weighted by Gasteiger charge is -2.40. The van der Waals surface area contributed by atoms with Gasteiger partial charge < -0.3 is 9.53 Å². The first-order chi connectivity index (χ1) is 12.0. The fourth-order valence-corrected chi connectivity index (χ4v) is 4.09. The monoisotopic (exact) mass is 344 g/mol. The molecule has 0 saturated heterocycles. The Morgan fingerprint density at radius 2 is 1.96 bits per heavy atom. The number of hydrogen-bond donors (Lipinski definition) is 0. The van der Waals surface area contributed by atoms with E-state index < -0.39 is 11.4 Å². The molecule has 0 heterocycles. The van der Waals surface area contributed by atoms with Crippen LogP contribution in [0.5, 0.6) is 0 Å².